The first-order valence-electron chi connectivity index (χ1n) is 7.53. The molecule has 0 radical (unpaired) electrons. The van der Waals surface area contributed by atoms with E-state index in [9.17, 15) is 8.78 Å². The summed E-state index contributed by atoms with van der Waals surface area (Å²) in [4.78, 5) is 8.11. The number of benzene rings is 1. The molecule has 7 heteroatoms. The maximum absolute atomic E-state index is 14.1. The van der Waals surface area contributed by atoms with E-state index >= 15 is 0 Å². The van der Waals surface area contributed by atoms with Gasteiger partial charge in [-0.1, -0.05) is 11.6 Å². The van der Waals surface area contributed by atoms with Crippen molar-refractivity contribution < 1.29 is 8.78 Å². The summed E-state index contributed by atoms with van der Waals surface area (Å²) in [5.41, 5.74) is 0.836. The molecule has 3 rings (SSSR count). The quantitative estimate of drug-likeness (QED) is 0.854. The molecule has 0 atom stereocenters. The first-order valence-corrected chi connectivity index (χ1v) is 7.91. The monoisotopic (exact) mass is 348 g/mol. The van der Waals surface area contributed by atoms with Gasteiger partial charge in [-0.3, -0.25) is 9.88 Å². The van der Waals surface area contributed by atoms with Gasteiger partial charge in [-0.2, -0.15) is 5.26 Å². The van der Waals surface area contributed by atoms with Crippen LogP contribution in [0.5, 0.6) is 0 Å². The Morgan fingerprint density at radius 1 is 1.12 bits per heavy atom. The second kappa shape index (κ2) is 7.12. The number of pyridine rings is 1. The van der Waals surface area contributed by atoms with Crippen LogP contribution in [0.15, 0.2) is 30.5 Å². The fourth-order valence-electron chi connectivity index (χ4n) is 2.79. The molecule has 0 amide bonds. The van der Waals surface area contributed by atoms with E-state index in [0.29, 0.717) is 37.7 Å². The fourth-order valence-corrected chi connectivity index (χ4v) is 2.90. The Morgan fingerprint density at radius 3 is 2.33 bits per heavy atom. The number of hydrogen-bond donors (Lipinski definition) is 0. The van der Waals surface area contributed by atoms with Crippen molar-refractivity contribution in [2.75, 3.05) is 31.1 Å². The molecule has 1 aliphatic rings. The van der Waals surface area contributed by atoms with Crippen LogP contribution in [0.2, 0.25) is 5.02 Å². The third kappa shape index (κ3) is 3.64. The minimum atomic E-state index is -0.695. The summed E-state index contributed by atoms with van der Waals surface area (Å²) in [5.74, 6) is -1.39. The number of nitriles is 1. The molecule has 1 aromatic carbocycles. The van der Waals surface area contributed by atoms with Gasteiger partial charge in [0.15, 0.2) is 11.6 Å². The molecule has 0 unspecified atom stereocenters. The summed E-state index contributed by atoms with van der Waals surface area (Å²) < 4.78 is 28.2. The molecule has 24 heavy (non-hydrogen) atoms. The van der Waals surface area contributed by atoms with Gasteiger partial charge in [-0.25, -0.2) is 8.78 Å². The molecule has 0 bridgehead atoms. The predicted octanol–water partition coefficient (Wildman–Crippen LogP) is 3.21. The topological polar surface area (TPSA) is 43.2 Å². The zero-order chi connectivity index (χ0) is 17.1. The van der Waals surface area contributed by atoms with Crippen LogP contribution in [0.1, 0.15) is 11.3 Å². The van der Waals surface area contributed by atoms with E-state index in [2.05, 4.69) is 9.88 Å². The van der Waals surface area contributed by atoms with Gasteiger partial charge in [0.25, 0.3) is 0 Å². The Morgan fingerprint density at radius 2 is 1.79 bits per heavy atom. The summed E-state index contributed by atoms with van der Waals surface area (Å²) in [6.45, 7) is 3.02. The van der Waals surface area contributed by atoms with Gasteiger partial charge in [0, 0.05) is 38.9 Å². The second-order valence-corrected chi connectivity index (χ2v) is 6.07. The van der Waals surface area contributed by atoms with Crippen LogP contribution in [0, 0.1) is 23.0 Å². The van der Waals surface area contributed by atoms with Gasteiger partial charge < -0.3 is 4.90 Å². The standard InChI is InChI=1S/C17H15ClF2N4/c18-13-1-2-14(22-10-13)11-23-3-5-24(6-4-23)17-15(19)7-12(9-21)8-16(17)20/h1-2,7-8,10H,3-6,11H2. The van der Waals surface area contributed by atoms with E-state index < -0.39 is 11.6 Å². The molecular formula is C17H15ClF2N4. The Hall–Kier alpha value is -2.23. The van der Waals surface area contributed by atoms with E-state index in [0.717, 1.165) is 17.8 Å². The first kappa shape index (κ1) is 16.6. The van der Waals surface area contributed by atoms with Gasteiger partial charge in [0.05, 0.1) is 22.3 Å². The summed E-state index contributed by atoms with van der Waals surface area (Å²) >= 11 is 5.82. The summed E-state index contributed by atoms with van der Waals surface area (Å²) in [5, 5.41) is 9.35. The fraction of sp³-hybridized carbons (Fsp3) is 0.294. The van der Waals surface area contributed by atoms with Crippen LogP contribution in [0.3, 0.4) is 0 Å². The highest BCUT2D eigenvalue weighted by Crippen LogP contribution is 2.26. The average Bonchev–Trinajstić information content (AvgIpc) is 2.57. The molecule has 124 valence electrons. The minimum absolute atomic E-state index is 0.0128. The molecule has 0 N–H and O–H groups in total. The van der Waals surface area contributed by atoms with Gasteiger partial charge in [0.1, 0.15) is 5.69 Å². The summed E-state index contributed by atoms with van der Waals surface area (Å²) in [6.07, 6.45) is 1.61. The van der Waals surface area contributed by atoms with Crippen LogP contribution in [0.25, 0.3) is 0 Å². The zero-order valence-electron chi connectivity index (χ0n) is 12.8. The van der Waals surface area contributed by atoms with Gasteiger partial charge in [-0.15, -0.1) is 0 Å². The van der Waals surface area contributed by atoms with E-state index in [1.807, 2.05) is 6.07 Å². The van der Waals surface area contributed by atoms with Crippen molar-refractivity contribution in [1.29, 1.82) is 5.26 Å². The molecule has 1 saturated heterocycles. The lowest BCUT2D eigenvalue weighted by Crippen LogP contribution is -2.46. The highest BCUT2D eigenvalue weighted by molar-refractivity contribution is 6.30. The van der Waals surface area contributed by atoms with Crippen molar-refractivity contribution in [3.05, 3.63) is 58.4 Å². The summed E-state index contributed by atoms with van der Waals surface area (Å²) in [7, 11) is 0. The van der Waals surface area contributed by atoms with Crippen LogP contribution in [0.4, 0.5) is 14.5 Å². The van der Waals surface area contributed by atoms with Crippen molar-refractivity contribution in [1.82, 2.24) is 9.88 Å². The number of aromatic nitrogens is 1. The van der Waals surface area contributed by atoms with Crippen LogP contribution < -0.4 is 4.90 Å². The molecule has 0 saturated carbocycles. The van der Waals surface area contributed by atoms with Crippen molar-refractivity contribution in [3.63, 3.8) is 0 Å². The predicted molar refractivity (Wildman–Crippen MR) is 87.8 cm³/mol. The third-order valence-electron chi connectivity index (χ3n) is 4.01. The van der Waals surface area contributed by atoms with Crippen molar-refractivity contribution in [2.24, 2.45) is 0 Å². The molecule has 0 aliphatic carbocycles. The number of rotatable bonds is 3. The Labute approximate surface area is 143 Å². The molecule has 1 aromatic heterocycles. The second-order valence-electron chi connectivity index (χ2n) is 5.63. The van der Waals surface area contributed by atoms with Gasteiger partial charge >= 0.3 is 0 Å². The normalized spacial score (nSPS) is 15.3. The van der Waals surface area contributed by atoms with Crippen LogP contribution >= 0.6 is 11.6 Å². The van der Waals surface area contributed by atoms with Crippen molar-refractivity contribution in [3.8, 4) is 6.07 Å². The molecular weight excluding hydrogens is 334 g/mol. The molecule has 2 aromatic rings. The average molecular weight is 349 g/mol. The minimum Gasteiger partial charge on any atom is -0.364 e. The number of hydrogen-bond acceptors (Lipinski definition) is 4. The Bertz CT molecular complexity index is 742. The molecule has 2 heterocycles. The molecule has 0 spiro atoms. The van der Waals surface area contributed by atoms with Crippen LogP contribution in [-0.4, -0.2) is 36.1 Å². The zero-order valence-corrected chi connectivity index (χ0v) is 13.6. The van der Waals surface area contributed by atoms with E-state index in [4.69, 9.17) is 16.9 Å². The van der Waals surface area contributed by atoms with E-state index in [-0.39, 0.29) is 11.3 Å². The van der Waals surface area contributed by atoms with E-state index in [1.54, 1.807) is 23.2 Å². The smallest absolute Gasteiger partial charge is 0.150 e. The molecule has 1 fully saturated rings. The van der Waals surface area contributed by atoms with Crippen LogP contribution in [-0.2, 0) is 6.54 Å². The van der Waals surface area contributed by atoms with Gasteiger partial charge in [0.2, 0.25) is 0 Å². The number of piperazine rings is 1. The lowest BCUT2D eigenvalue weighted by atomic mass is 10.1. The molecule has 4 nitrogen and oxygen atoms in total. The number of anilines is 1. The summed E-state index contributed by atoms with van der Waals surface area (Å²) in [6, 6.07) is 7.56. The largest absolute Gasteiger partial charge is 0.364 e. The van der Waals surface area contributed by atoms with Gasteiger partial charge in [-0.05, 0) is 24.3 Å². The third-order valence-corrected chi connectivity index (χ3v) is 4.23. The Balaban J connectivity index is 1.65. The maximum Gasteiger partial charge on any atom is 0.150 e. The Kier molecular flexibility index (Phi) is 4.93. The lowest BCUT2D eigenvalue weighted by molar-refractivity contribution is 0.246. The molecule has 1 aliphatic heterocycles. The van der Waals surface area contributed by atoms with E-state index in [1.165, 1.54) is 0 Å². The SMILES string of the molecule is N#Cc1cc(F)c(N2CCN(Cc3ccc(Cl)cn3)CC2)c(F)c1. The highest BCUT2D eigenvalue weighted by atomic mass is 35.5. The van der Waals surface area contributed by atoms with Crippen molar-refractivity contribution >= 4 is 17.3 Å². The maximum atomic E-state index is 14.1. The first-order chi connectivity index (χ1) is 11.6. The highest BCUT2D eigenvalue weighted by Gasteiger charge is 2.23. The lowest BCUT2D eigenvalue weighted by Gasteiger charge is -2.36. The van der Waals surface area contributed by atoms with Crippen molar-refractivity contribution in [2.45, 2.75) is 6.54 Å². The number of halogens is 3. The number of nitrogens with zero attached hydrogens (tertiary/aromatic N) is 4.